The SMILES string of the molecule is O=C1[C@@H](N2CCCN(S(=O)(=O)c3cc(Cl)cc(Cl)c3)CC2)CCN1CC1CC1. The van der Waals surface area contributed by atoms with Crippen LogP contribution >= 0.6 is 23.2 Å². The topological polar surface area (TPSA) is 60.9 Å². The second-order valence-corrected chi connectivity index (χ2v) is 10.7. The highest BCUT2D eigenvalue weighted by molar-refractivity contribution is 7.89. The highest BCUT2D eigenvalue weighted by atomic mass is 35.5. The van der Waals surface area contributed by atoms with E-state index in [9.17, 15) is 13.2 Å². The van der Waals surface area contributed by atoms with Crippen LogP contribution in [0, 0.1) is 5.92 Å². The molecule has 2 heterocycles. The van der Waals surface area contributed by atoms with Gasteiger partial charge in [-0.25, -0.2) is 8.42 Å². The van der Waals surface area contributed by atoms with Gasteiger partial charge in [0.05, 0.1) is 10.9 Å². The van der Waals surface area contributed by atoms with Crippen molar-refractivity contribution in [1.82, 2.24) is 14.1 Å². The zero-order chi connectivity index (χ0) is 19.9. The van der Waals surface area contributed by atoms with Crippen LogP contribution in [0.1, 0.15) is 25.7 Å². The van der Waals surface area contributed by atoms with Crippen LogP contribution in [-0.4, -0.2) is 73.7 Å². The quantitative estimate of drug-likeness (QED) is 0.698. The Bertz CT molecular complexity index is 840. The number of benzene rings is 1. The Morgan fingerprint density at radius 2 is 1.64 bits per heavy atom. The molecule has 28 heavy (non-hydrogen) atoms. The molecule has 1 aromatic carbocycles. The molecule has 154 valence electrons. The van der Waals surface area contributed by atoms with E-state index in [0.717, 1.165) is 26.1 Å². The number of sulfonamides is 1. The van der Waals surface area contributed by atoms with E-state index >= 15 is 0 Å². The zero-order valence-electron chi connectivity index (χ0n) is 15.7. The number of carbonyl (C=O) groups is 1. The summed E-state index contributed by atoms with van der Waals surface area (Å²) in [5.41, 5.74) is 0. The third-order valence-corrected chi connectivity index (χ3v) is 8.16. The van der Waals surface area contributed by atoms with E-state index in [1.165, 1.54) is 35.3 Å². The largest absolute Gasteiger partial charge is 0.341 e. The van der Waals surface area contributed by atoms with Gasteiger partial charge in [-0.2, -0.15) is 4.31 Å². The molecule has 0 bridgehead atoms. The average Bonchev–Trinajstić information content (AvgIpc) is 3.41. The number of hydrogen-bond acceptors (Lipinski definition) is 4. The molecular weight excluding hydrogens is 421 g/mol. The number of carbonyl (C=O) groups excluding carboxylic acids is 1. The van der Waals surface area contributed by atoms with Crippen molar-refractivity contribution < 1.29 is 13.2 Å². The summed E-state index contributed by atoms with van der Waals surface area (Å²) in [6, 6.07) is 4.27. The van der Waals surface area contributed by atoms with E-state index in [1.54, 1.807) is 0 Å². The first-order valence-corrected chi connectivity index (χ1v) is 12.0. The minimum Gasteiger partial charge on any atom is -0.341 e. The lowest BCUT2D eigenvalue weighted by Crippen LogP contribution is -2.44. The van der Waals surface area contributed by atoms with Gasteiger partial charge in [0.15, 0.2) is 0 Å². The molecule has 1 aromatic rings. The summed E-state index contributed by atoms with van der Waals surface area (Å²) in [5, 5.41) is 0.602. The van der Waals surface area contributed by atoms with Crippen molar-refractivity contribution in [3.05, 3.63) is 28.2 Å². The van der Waals surface area contributed by atoms with Gasteiger partial charge in [-0.15, -0.1) is 0 Å². The van der Waals surface area contributed by atoms with E-state index in [2.05, 4.69) is 4.90 Å². The summed E-state index contributed by atoms with van der Waals surface area (Å²) in [7, 11) is -3.67. The highest BCUT2D eigenvalue weighted by Gasteiger charge is 2.39. The summed E-state index contributed by atoms with van der Waals surface area (Å²) in [6.45, 7) is 3.78. The molecule has 0 N–H and O–H groups in total. The number of halogens is 2. The molecule has 6 nitrogen and oxygen atoms in total. The second kappa shape index (κ2) is 8.11. The Hall–Kier alpha value is -0.860. The van der Waals surface area contributed by atoms with E-state index in [-0.39, 0.29) is 16.8 Å². The lowest BCUT2D eigenvalue weighted by Gasteiger charge is -2.26. The summed E-state index contributed by atoms with van der Waals surface area (Å²) >= 11 is 12.0. The fraction of sp³-hybridized carbons (Fsp3) is 0.632. The van der Waals surface area contributed by atoms with E-state index in [0.29, 0.717) is 42.0 Å². The van der Waals surface area contributed by atoms with Crippen LogP contribution in [0.25, 0.3) is 0 Å². The number of hydrogen-bond donors (Lipinski definition) is 0. The van der Waals surface area contributed by atoms with Crippen LogP contribution in [0.4, 0.5) is 0 Å². The monoisotopic (exact) mass is 445 g/mol. The molecule has 4 rings (SSSR count). The smallest absolute Gasteiger partial charge is 0.243 e. The Morgan fingerprint density at radius 1 is 0.929 bits per heavy atom. The molecule has 9 heteroatoms. The highest BCUT2D eigenvalue weighted by Crippen LogP contribution is 2.32. The summed E-state index contributed by atoms with van der Waals surface area (Å²) in [6.07, 6.45) is 4.00. The normalized spacial score (nSPS) is 25.3. The third kappa shape index (κ3) is 4.33. The Kier molecular flexibility index (Phi) is 5.91. The summed E-state index contributed by atoms with van der Waals surface area (Å²) in [4.78, 5) is 17.1. The zero-order valence-corrected chi connectivity index (χ0v) is 18.0. The van der Waals surface area contributed by atoms with Gasteiger partial charge in [0.2, 0.25) is 15.9 Å². The Morgan fingerprint density at radius 3 is 2.32 bits per heavy atom. The van der Waals surface area contributed by atoms with Gasteiger partial charge in [-0.3, -0.25) is 9.69 Å². The Labute approximate surface area is 176 Å². The molecule has 0 radical (unpaired) electrons. The first kappa shape index (κ1) is 20.4. The van der Waals surface area contributed by atoms with Gasteiger partial charge in [0, 0.05) is 49.3 Å². The van der Waals surface area contributed by atoms with Crippen LogP contribution in [0.2, 0.25) is 10.0 Å². The molecule has 1 aliphatic carbocycles. The van der Waals surface area contributed by atoms with Crippen molar-refractivity contribution in [2.24, 2.45) is 5.92 Å². The van der Waals surface area contributed by atoms with Gasteiger partial charge in [0.1, 0.15) is 0 Å². The second-order valence-electron chi connectivity index (χ2n) is 7.93. The van der Waals surface area contributed by atoms with E-state index in [1.807, 2.05) is 4.90 Å². The number of nitrogens with zero attached hydrogens (tertiary/aromatic N) is 3. The van der Waals surface area contributed by atoms with Crippen molar-refractivity contribution in [3.63, 3.8) is 0 Å². The van der Waals surface area contributed by atoms with Crippen LogP contribution in [-0.2, 0) is 14.8 Å². The van der Waals surface area contributed by atoms with Crippen molar-refractivity contribution in [1.29, 1.82) is 0 Å². The average molecular weight is 446 g/mol. The van der Waals surface area contributed by atoms with Gasteiger partial charge < -0.3 is 4.90 Å². The first-order valence-electron chi connectivity index (χ1n) is 9.84. The molecular formula is C19H25Cl2N3O3S. The standard InChI is InChI=1S/C19H25Cl2N3O3S/c20-15-10-16(21)12-17(11-15)28(26,27)24-6-1-5-22(8-9-24)18-4-7-23(19(18)25)13-14-2-3-14/h10-12,14,18H,1-9,13H2/t18-/m0/s1. The molecule has 3 aliphatic rings. The Balaban J connectivity index is 1.42. The number of likely N-dealkylation sites (tertiary alicyclic amines) is 1. The van der Waals surface area contributed by atoms with Crippen LogP contribution in [0.15, 0.2) is 23.1 Å². The van der Waals surface area contributed by atoms with Crippen LogP contribution in [0.3, 0.4) is 0 Å². The molecule has 1 atom stereocenters. The molecule has 0 unspecified atom stereocenters. The molecule has 1 saturated carbocycles. The van der Waals surface area contributed by atoms with Gasteiger partial charge in [-0.1, -0.05) is 23.2 Å². The lowest BCUT2D eigenvalue weighted by atomic mass is 10.2. The molecule has 2 saturated heterocycles. The van der Waals surface area contributed by atoms with E-state index < -0.39 is 10.0 Å². The maximum absolute atomic E-state index is 13.0. The third-order valence-electron chi connectivity index (χ3n) is 5.85. The molecule has 2 aliphatic heterocycles. The number of rotatable bonds is 5. The van der Waals surface area contributed by atoms with Crippen LogP contribution < -0.4 is 0 Å². The van der Waals surface area contributed by atoms with Crippen molar-refractivity contribution in [2.75, 3.05) is 39.3 Å². The van der Waals surface area contributed by atoms with Gasteiger partial charge in [0.25, 0.3) is 0 Å². The fourth-order valence-corrected chi connectivity index (χ4v) is 6.34. The van der Waals surface area contributed by atoms with E-state index in [4.69, 9.17) is 23.2 Å². The minimum absolute atomic E-state index is 0.109. The molecule has 1 amide bonds. The van der Waals surface area contributed by atoms with Crippen LogP contribution in [0.5, 0.6) is 0 Å². The minimum atomic E-state index is -3.67. The predicted molar refractivity (Wildman–Crippen MR) is 109 cm³/mol. The maximum Gasteiger partial charge on any atom is 0.243 e. The predicted octanol–water partition coefficient (Wildman–Crippen LogP) is 2.70. The lowest BCUT2D eigenvalue weighted by molar-refractivity contribution is -0.132. The van der Waals surface area contributed by atoms with Gasteiger partial charge in [-0.05, 0) is 49.8 Å². The summed E-state index contributed by atoms with van der Waals surface area (Å²) < 4.78 is 27.5. The molecule has 0 spiro atoms. The molecule has 3 fully saturated rings. The fourth-order valence-electron chi connectivity index (χ4n) is 4.15. The first-order chi connectivity index (χ1) is 13.3. The van der Waals surface area contributed by atoms with Gasteiger partial charge >= 0.3 is 0 Å². The van der Waals surface area contributed by atoms with Crippen molar-refractivity contribution >= 4 is 39.1 Å². The maximum atomic E-state index is 13.0. The van der Waals surface area contributed by atoms with Crippen molar-refractivity contribution in [2.45, 2.75) is 36.6 Å². The van der Waals surface area contributed by atoms with Crippen molar-refractivity contribution in [3.8, 4) is 0 Å². The number of amides is 1. The molecule has 0 aromatic heterocycles. The summed E-state index contributed by atoms with van der Waals surface area (Å²) in [5.74, 6) is 0.904.